The van der Waals surface area contributed by atoms with Gasteiger partial charge in [0, 0.05) is 6.54 Å². The van der Waals surface area contributed by atoms with Crippen molar-refractivity contribution in [3.63, 3.8) is 0 Å². The first-order chi connectivity index (χ1) is 14.3. The molecule has 4 rings (SSSR count). The maximum atomic E-state index is 13.1. The lowest BCUT2D eigenvalue weighted by atomic mass is 10.0. The van der Waals surface area contributed by atoms with Gasteiger partial charge in [0.2, 0.25) is 0 Å². The van der Waals surface area contributed by atoms with Gasteiger partial charge < -0.3 is 9.47 Å². The van der Waals surface area contributed by atoms with Crippen molar-refractivity contribution in [1.82, 2.24) is 4.90 Å². The van der Waals surface area contributed by atoms with Gasteiger partial charge in [0.1, 0.15) is 18.4 Å². The molecule has 1 heterocycles. The molecule has 1 fully saturated rings. The molecular weight excluding hydrogens is 362 g/mol. The zero-order valence-electron chi connectivity index (χ0n) is 16.5. The van der Waals surface area contributed by atoms with Crippen LogP contribution in [0.3, 0.4) is 0 Å². The number of esters is 1. The van der Waals surface area contributed by atoms with E-state index in [1.165, 1.54) is 0 Å². The normalized spacial score (nSPS) is 21.8. The Balaban J connectivity index is 1.76. The second-order valence-corrected chi connectivity index (χ2v) is 7.09. The molecule has 29 heavy (non-hydrogen) atoms. The van der Waals surface area contributed by atoms with Gasteiger partial charge in [-0.15, -0.1) is 0 Å². The first-order valence-electron chi connectivity index (χ1n) is 9.99. The van der Waals surface area contributed by atoms with E-state index in [4.69, 9.17) is 9.47 Å². The summed E-state index contributed by atoms with van der Waals surface area (Å²) in [5.74, 6) is -0.254. The minimum absolute atomic E-state index is 0.254. The van der Waals surface area contributed by atoms with Crippen LogP contribution in [0.25, 0.3) is 0 Å². The monoisotopic (exact) mass is 387 g/mol. The molecule has 3 aromatic carbocycles. The number of hydrogen-bond donors (Lipinski definition) is 0. The van der Waals surface area contributed by atoms with Crippen molar-refractivity contribution in [2.75, 3.05) is 6.61 Å². The minimum Gasteiger partial charge on any atom is -0.465 e. The highest BCUT2D eigenvalue weighted by atomic mass is 16.6. The molecule has 0 aliphatic carbocycles. The van der Waals surface area contributed by atoms with E-state index in [1.54, 1.807) is 0 Å². The van der Waals surface area contributed by atoms with Crippen LogP contribution in [0.5, 0.6) is 0 Å². The molecule has 4 heteroatoms. The Morgan fingerprint density at radius 3 is 2.00 bits per heavy atom. The van der Waals surface area contributed by atoms with E-state index in [2.05, 4.69) is 17.0 Å². The molecular formula is C25H25NO3. The van der Waals surface area contributed by atoms with Gasteiger partial charge in [-0.25, -0.2) is 0 Å². The number of rotatable bonds is 6. The van der Waals surface area contributed by atoms with E-state index < -0.39 is 12.1 Å². The summed E-state index contributed by atoms with van der Waals surface area (Å²) in [6.07, 6.45) is -0.736. The molecule has 3 aromatic rings. The van der Waals surface area contributed by atoms with Crippen molar-refractivity contribution in [3.8, 4) is 0 Å². The minimum atomic E-state index is -0.525. The van der Waals surface area contributed by atoms with Crippen LogP contribution in [-0.4, -0.2) is 23.5 Å². The van der Waals surface area contributed by atoms with Crippen LogP contribution in [-0.2, 0) is 20.8 Å². The molecule has 0 bridgehead atoms. The smallest absolute Gasteiger partial charge is 0.326 e. The quantitative estimate of drug-likeness (QED) is 0.565. The maximum absolute atomic E-state index is 13.1. The Hall–Kier alpha value is -2.95. The molecule has 148 valence electrons. The summed E-state index contributed by atoms with van der Waals surface area (Å²) in [4.78, 5) is 15.2. The summed E-state index contributed by atoms with van der Waals surface area (Å²) in [5.41, 5.74) is 3.12. The van der Waals surface area contributed by atoms with Gasteiger partial charge in [0.05, 0.1) is 6.61 Å². The topological polar surface area (TPSA) is 38.8 Å². The Bertz CT molecular complexity index is 915. The fourth-order valence-corrected chi connectivity index (χ4v) is 3.86. The van der Waals surface area contributed by atoms with E-state index in [0.717, 1.165) is 16.7 Å². The van der Waals surface area contributed by atoms with Gasteiger partial charge in [-0.1, -0.05) is 91.0 Å². The molecule has 3 unspecified atom stereocenters. The van der Waals surface area contributed by atoms with E-state index in [0.29, 0.717) is 13.2 Å². The van der Waals surface area contributed by atoms with Gasteiger partial charge in [-0.3, -0.25) is 9.69 Å². The van der Waals surface area contributed by atoms with Crippen LogP contribution < -0.4 is 0 Å². The van der Waals surface area contributed by atoms with Crippen molar-refractivity contribution < 1.29 is 14.3 Å². The second kappa shape index (κ2) is 9.03. The van der Waals surface area contributed by atoms with Gasteiger partial charge in [-0.05, 0) is 23.6 Å². The van der Waals surface area contributed by atoms with Crippen LogP contribution in [0.4, 0.5) is 0 Å². The Labute approximate surface area is 171 Å². The molecule has 0 radical (unpaired) electrons. The summed E-state index contributed by atoms with van der Waals surface area (Å²) < 4.78 is 12.0. The predicted molar refractivity (Wildman–Crippen MR) is 112 cm³/mol. The molecule has 0 saturated carbocycles. The highest BCUT2D eigenvalue weighted by molar-refractivity contribution is 5.77. The zero-order valence-corrected chi connectivity index (χ0v) is 16.5. The summed E-state index contributed by atoms with van der Waals surface area (Å²) in [7, 11) is 0. The third-order valence-corrected chi connectivity index (χ3v) is 5.17. The van der Waals surface area contributed by atoms with Crippen molar-refractivity contribution in [1.29, 1.82) is 0 Å². The molecule has 0 amide bonds. The molecule has 1 aliphatic heterocycles. The largest absolute Gasteiger partial charge is 0.465 e. The third kappa shape index (κ3) is 4.24. The van der Waals surface area contributed by atoms with E-state index in [-0.39, 0.29) is 12.2 Å². The highest BCUT2D eigenvalue weighted by Crippen LogP contribution is 2.43. The number of carbonyl (C=O) groups excluding carboxylic acids is 1. The first-order valence-corrected chi connectivity index (χ1v) is 9.99. The SMILES string of the molecule is CCOC(=O)C1C(c2ccccc2)OC(c2ccccc2)N1Cc1ccccc1. The molecule has 0 aromatic heterocycles. The lowest BCUT2D eigenvalue weighted by Gasteiger charge is -2.27. The van der Waals surface area contributed by atoms with Crippen molar-refractivity contribution in [3.05, 3.63) is 108 Å². The van der Waals surface area contributed by atoms with Crippen LogP contribution >= 0.6 is 0 Å². The van der Waals surface area contributed by atoms with Crippen molar-refractivity contribution >= 4 is 5.97 Å². The van der Waals surface area contributed by atoms with Crippen molar-refractivity contribution in [2.45, 2.75) is 31.8 Å². The third-order valence-electron chi connectivity index (χ3n) is 5.17. The molecule has 0 spiro atoms. The fourth-order valence-electron chi connectivity index (χ4n) is 3.86. The second-order valence-electron chi connectivity index (χ2n) is 7.09. The Morgan fingerprint density at radius 1 is 0.862 bits per heavy atom. The number of ether oxygens (including phenoxy) is 2. The van der Waals surface area contributed by atoms with E-state index in [9.17, 15) is 4.79 Å². The lowest BCUT2D eigenvalue weighted by Crippen LogP contribution is -2.40. The maximum Gasteiger partial charge on any atom is 0.326 e. The summed E-state index contributed by atoms with van der Waals surface area (Å²) in [5, 5.41) is 0. The van der Waals surface area contributed by atoms with Gasteiger partial charge in [-0.2, -0.15) is 0 Å². The average Bonchev–Trinajstić information content (AvgIpc) is 3.15. The Kier molecular flexibility index (Phi) is 6.03. The highest BCUT2D eigenvalue weighted by Gasteiger charge is 2.48. The van der Waals surface area contributed by atoms with E-state index >= 15 is 0 Å². The van der Waals surface area contributed by atoms with Gasteiger partial charge >= 0.3 is 5.97 Å². The molecule has 1 saturated heterocycles. The van der Waals surface area contributed by atoms with Crippen LogP contribution in [0, 0.1) is 0 Å². The number of benzene rings is 3. The number of carbonyl (C=O) groups is 1. The molecule has 4 nitrogen and oxygen atoms in total. The zero-order chi connectivity index (χ0) is 20.1. The molecule has 3 atom stereocenters. The summed E-state index contributed by atoms with van der Waals surface area (Å²) in [6.45, 7) is 2.76. The predicted octanol–water partition coefficient (Wildman–Crippen LogP) is 4.89. The van der Waals surface area contributed by atoms with Gasteiger partial charge in [0.15, 0.2) is 0 Å². The molecule has 0 N–H and O–H groups in total. The average molecular weight is 387 g/mol. The van der Waals surface area contributed by atoms with Gasteiger partial charge in [0.25, 0.3) is 0 Å². The standard InChI is InChI=1S/C25H25NO3/c1-2-28-25(27)22-23(20-14-8-4-9-15-20)29-24(21-16-10-5-11-17-21)26(22)18-19-12-6-3-7-13-19/h3-17,22-24H,2,18H2,1H3. The Morgan fingerprint density at radius 2 is 1.41 bits per heavy atom. The molecule has 1 aliphatic rings. The summed E-state index contributed by atoms with van der Waals surface area (Å²) in [6, 6.07) is 29.6. The van der Waals surface area contributed by atoms with Crippen molar-refractivity contribution in [2.24, 2.45) is 0 Å². The summed E-state index contributed by atoms with van der Waals surface area (Å²) >= 11 is 0. The number of hydrogen-bond acceptors (Lipinski definition) is 4. The fraction of sp³-hybridized carbons (Fsp3) is 0.240. The van der Waals surface area contributed by atoms with Crippen LogP contribution in [0.15, 0.2) is 91.0 Å². The first kappa shape index (κ1) is 19.4. The lowest BCUT2D eigenvalue weighted by molar-refractivity contribution is -0.149. The van der Waals surface area contributed by atoms with Crippen LogP contribution in [0.1, 0.15) is 35.9 Å². The van der Waals surface area contributed by atoms with E-state index in [1.807, 2.05) is 85.8 Å². The van der Waals surface area contributed by atoms with Crippen LogP contribution in [0.2, 0.25) is 0 Å². The number of nitrogens with zero attached hydrogens (tertiary/aromatic N) is 1.